The van der Waals surface area contributed by atoms with Crippen LogP contribution < -0.4 is 4.74 Å². The van der Waals surface area contributed by atoms with Crippen molar-refractivity contribution < 1.29 is 27.8 Å². The molecule has 1 fully saturated rings. The van der Waals surface area contributed by atoms with Crippen LogP contribution in [0.4, 0.5) is 13.2 Å². The van der Waals surface area contributed by atoms with Crippen molar-refractivity contribution in [2.24, 2.45) is 5.41 Å². The van der Waals surface area contributed by atoms with Gasteiger partial charge in [-0.15, -0.1) is 13.2 Å². The molecule has 0 spiro atoms. The van der Waals surface area contributed by atoms with Gasteiger partial charge in [-0.25, -0.2) is 0 Å². The Morgan fingerprint density at radius 1 is 1.36 bits per heavy atom. The Kier molecular flexibility index (Phi) is 4.37. The number of ether oxygens (including phenoxy) is 1. The van der Waals surface area contributed by atoms with E-state index in [2.05, 4.69) is 4.74 Å². The van der Waals surface area contributed by atoms with Crippen molar-refractivity contribution in [3.63, 3.8) is 0 Å². The molecule has 1 aliphatic rings. The van der Waals surface area contributed by atoms with Crippen LogP contribution in [0.3, 0.4) is 0 Å². The summed E-state index contributed by atoms with van der Waals surface area (Å²) >= 11 is 0. The summed E-state index contributed by atoms with van der Waals surface area (Å²) in [6.45, 7) is 4.69. The molecule has 122 valence electrons. The average molecular weight is 317 g/mol. The van der Waals surface area contributed by atoms with E-state index in [-0.39, 0.29) is 11.8 Å². The summed E-state index contributed by atoms with van der Waals surface area (Å²) in [5, 5.41) is 9.24. The molecule has 7 heteroatoms. The van der Waals surface area contributed by atoms with E-state index in [9.17, 15) is 23.1 Å². The second kappa shape index (κ2) is 5.79. The van der Waals surface area contributed by atoms with Crippen molar-refractivity contribution in [3.05, 3.63) is 29.8 Å². The smallest absolute Gasteiger partial charge is 0.481 e. The lowest BCUT2D eigenvalue weighted by molar-refractivity contribution is -0.274. The van der Waals surface area contributed by atoms with Gasteiger partial charge in [-0.1, -0.05) is 12.1 Å². The number of carboxylic acids is 1. The number of alkyl halides is 3. The highest BCUT2D eigenvalue weighted by atomic mass is 19.4. The third-order valence-electron chi connectivity index (χ3n) is 4.16. The van der Waals surface area contributed by atoms with Crippen LogP contribution in [0.5, 0.6) is 5.75 Å². The fourth-order valence-corrected chi connectivity index (χ4v) is 2.66. The van der Waals surface area contributed by atoms with Crippen molar-refractivity contribution in [1.82, 2.24) is 4.90 Å². The third kappa shape index (κ3) is 3.71. The van der Waals surface area contributed by atoms with Crippen molar-refractivity contribution in [3.8, 4) is 5.75 Å². The number of carbonyl (C=O) groups is 1. The Bertz CT molecular complexity index is 544. The monoisotopic (exact) mass is 317 g/mol. The Labute approximate surface area is 126 Å². The zero-order valence-electron chi connectivity index (χ0n) is 12.4. The van der Waals surface area contributed by atoms with Gasteiger partial charge in [0, 0.05) is 12.6 Å². The van der Waals surface area contributed by atoms with E-state index in [0.29, 0.717) is 19.5 Å². The molecule has 1 aromatic carbocycles. The van der Waals surface area contributed by atoms with Crippen molar-refractivity contribution in [2.75, 3.05) is 13.1 Å². The second-order valence-electron chi connectivity index (χ2n) is 5.88. The summed E-state index contributed by atoms with van der Waals surface area (Å²) in [6.07, 6.45) is -4.15. The number of nitrogens with zero attached hydrogens (tertiary/aromatic N) is 1. The molecule has 1 saturated heterocycles. The van der Waals surface area contributed by atoms with Gasteiger partial charge in [-0.2, -0.15) is 0 Å². The van der Waals surface area contributed by atoms with Crippen LogP contribution in [0.1, 0.15) is 31.9 Å². The lowest BCUT2D eigenvalue weighted by atomic mass is 9.90. The third-order valence-corrected chi connectivity index (χ3v) is 4.16. The van der Waals surface area contributed by atoms with Gasteiger partial charge in [-0.3, -0.25) is 9.69 Å². The zero-order valence-corrected chi connectivity index (χ0v) is 12.4. The van der Waals surface area contributed by atoms with E-state index < -0.39 is 17.7 Å². The molecule has 2 rings (SSSR count). The molecule has 1 aliphatic heterocycles. The van der Waals surface area contributed by atoms with E-state index in [1.807, 2.05) is 11.8 Å². The molecular weight excluding hydrogens is 299 g/mol. The maximum atomic E-state index is 12.1. The van der Waals surface area contributed by atoms with Crippen LogP contribution in [0.2, 0.25) is 0 Å². The molecule has 4 nitrogen and oxygen atoms in total. The van der Waals surface area contributed by atoms with Crippen LogP contribution in [-0.4, -0.2) is 35.4 Å². The molecule has 1 heterocycles. The number of hydrogen-bond acceptors (Lipinski definition) is 3. The number of likely N-dealkylation sites (tertiary alicyclic amines) is 1. The molecule has 0 saturated carbocycles. The van der Waals surface area contributed by atoms with Gasteiger partial charge in [0.1, 0.15) is 5.75 Å². The van der Waals surface area contributed by atoms with Crippen LogP contribution in [0.25, 0.3) is 0 Å². The van der Waals surface area contributed by atoms with Gasteiger partial charge in [0.15, 0.2) is 0 Å². The zero-order chi connectivity index (χ0) is 16.5. The van der Waals surface area contributed by atoms with Crippen molar-refractivity contribution >= 4 is 5.97 Å². The van der Waals surface area contributed by atoms with Crippen LogP contribution in [0, 0.1) is 5.41 Å². The summed E-state index contributed by atoms with van der Waals surface area (Å²) < 4.78 is 40.2. The number of benzene rings is 1. The Morgan fingerprint density at radius 3 is 2.41 bits per heavy atom. The minimum absolute atomic E-state index is 0.0684. The molecule has 0 radical (unpaired) electrons. The SMILES string of the molecule is CC(c1ccc(OC(F)(F)F)cc1)N1CCC(C)(C(=O)O)C1. The number of halogens is 3. The first-order valence-corrected chi connectivity index (χ1v) is 6.94. The minimum atomic E-state index is -4.70. The Hall–Kier alpha value is -1.76. The molecule has 1 N–H and O–H groups in total. The first kappa shape index (κ1) is 16.6. The van der Waals surface area contributed by atoms with Crippen LogP contribution in [0.15, 0.2) is 24.3 Å². The van der Waals surface area contributed by atoms with Crippen LogP contribution in [-0.2, 0) is 4.79 Å². The largest absolute Gasteiger partial charge is 0.573 e. The predicted octanol–water partition coefficient (Wildman–Crippen LogP) is 3.44. The molecule has 0 aliphatic carbocycles. The number of hydrogen-bond donors (Lipinski definition) is 1. The molecule has 0 amide bonds. The Balaban J connectivity index is 2.05. The van der Waals surface area contributed by atoms with Gasteiger partial charge < -0.3 is 9.84 Å². The minimum Gasteiger partial charge on any atom is -0.481 e. The van der Waals surface area contributed by atoms with E-state index in [1.54, 1.807) is 19.1 Å². The lowest BCUT2D eigenvalue weighted by Crippen LogP contribution is -2.32. The number of rotatable bonds is 4. The molecule has 22 heavy (non-hydrogen) atoms. The highest BCUT2D eigenvalue weighted by Crippen LogP contribution is 2.35. The van der Waals surface area contributed by atoms with Crippen molar-refractivity contribution in [1.29, 1.82) is 0 Å². The fraction of sp³-hybridized carbons (Fsp3) is 0.533. The van der Waals surface area contributed by atoms with Crippen molar-refractivity contribution in [2.45, 2.75) is 32.7 Å². The standard InChI is InChI=1S/C15H18F3NO3/c1-10(19-8-7-14(2,9-19)13(20)21)11-3-5-12(6-4-11)22-15(16,17)18/h3-6,10H,7-9H2,1-2H3,(H,20,21). The van der Waals surface area contributed by atoms with Gasteiger partial charge in [0.25, 0.3) is 0 Å². The normalized spacial score (nSPS) is 24.2. The number of aliphatic carboxylic acids is 1. The lowest BCUT2D eigenvalue weighted by Gasteiger charge is -2.26. The van der Waals surface area contributed by atoms with Gasteiger partial charge >= 0.3 is 12.3 Å². The number of carboxylic acid groups (broad SMARTS) is 1. The summed E-state index contributed by atoms with van der Waals surface area (Å²) in [6, 6.07) is 5.61. The molecule has 1 aromatic rings. The van der Waals surface area contributed by atoms with Gasteiger partial charge in [0.05, 0.1) is 5.41 Å². The van der Waals surface area contributed by atoms with E-state index in [4.69, 9.17) is 0 Å². The Morgan fingerprint density at radius 2 is 1.95 bits per heavy atom. The fourth-order valence-electron chi connectivity index (χ4n) is 2.66. The first-order chi connectivity index (χ1) is 10.1. The molecule has 2 unspecified atom stereocenters. The van der Waals surface area contributed by atoms with E-state index in [1.165, 1.54) is 12.1 Å². The summed E-state index contributed by atoms with van der Waals surface area (Å²) in [7, 11) is 0. The molecule has 0 aromatic heterocycles. The topological polar surface area (TPSA) is 49.8 Å². The maximum Gasteiger partial charge on any atom is 0.573 e. The average Bonchev–Trinajstić information content (AvgIpc) is 2.81. The predicted molar refractivity (Wildman–Crippen MR) is 73.5 cm³/mol. The summed E-state index contributed by atoms with van der Waals surface area (Å²) in [4.78, 5) is 13.3. The highest BCUT2D eigenvalue weighted by molar-refractivity contribution is 5.74. The molecule has 2 atom stereocenters. The first-order valence-electron chi connectivity index (χ1n) is 6.94. The van der Waals surface area contributed by atoms with Crippen LogP contribution >= 0.6 is 0 Å². The van der Waals surface area contributed by atoms with E-state index in [0.717, 1.165) is 5.56 Å². The van der Waals surface area contributed by atoms with Gasteiger partial charge in [-0.05, 0) is 44.5 Å². The molecule has 0 bridgehead atoms. The quantitative estimate of drug-likeness (QED) is 0.924. The molecular formula is C15H18F3NO3. The van der Waals surface area contributed by atoms with Gasteiger partial charge in [0.2, 0.25) is 0 Å². The summed E-state index contributed by atoms with van der Waals surface area (Å²) in [5.41, 5.74) is 0.0531. The second-order valence-corrected chi connectivity index (χ2v) is 5.88. The summed E-state index contributed by atoms with van der Waals surface area (Å²) in [5.74, 6) is -1.09. The highest BCUT2D eigenvalue weighted by Gasteiger charge is 2.41. The van der Waals surface area contributed by atoms with E-state index >= 15 is 0 Å². The maximum absolute atomic E-state index is 12.1.